The first kappa shape index (κ1) is 14.5. The summed E-state index contributed by atoms with van der Waals surface area (Å²) < 4.78 is 26.2. The lowest BCUT2D eigenvalue weighted by Crippen LogP contribution is -2.29. The molecule has 1 aromatic rings. The SMILES string of the molecule is CC1CC1CN(C)S(=O)(=O)c1ccc(CCN)cc1. The van der Waals surface area contributed by atoms with Gasteiger partial charge in [-0.05, 0) is 48.9 Å². The van der Waals surface area contributed by atoms with Crippen molar-refractivity contribution in [3.05, 3.63) is 29.8 Å². The molecule has 2 atom stereocenters. The molecule has 0 bridgehead atoms. The van der Waals surface area contributed by atoms with E-state index in [0.717, 1.165) is 18.4 Å². The van der Waals surface area contributed by atoms with E-state index < -0.39 is 10.0 Å². The predicted octanol–water partition coefficient (Wildman–Crippen LogP) is 1.46. The van der Waals surface area contributed by atoms with E-state index >= 15 is 0 Å². The molecule has 0 spiro atoms. The molecule has 0 heterocycles. The molecule has 1 aliphatic carbocycles. The molecule has 0 aliphatic heterocycles. The van der Waals surface area contributed by atoms with Gasteiger partial charge in [-0.25, -0.2) is 12.7 Å². The van der Waals surface area contributed by atoms with Crippen LogP contribution in [-0.4, -0.2) is 32.9 Å². The number of hydrogen-bond acceptors (Lipinski definition) is 3. The average molecular weight is 282 g/mol. The van der Waals surface area contributed by atoms with Gasteiger partial charge in [0.2, 0.25) is 10.0 Å². The second kappa shape index (κ2) is 5.61. The zero-order valence-electron chi connectivity index (χ0n) is 11.5. The van der Waals surface area contributed by atoms with Crippen LogP contribution in [0.15, 0.2) is 29.2 Å². The van der Waals surface area contributed by atoms with Crippen molar-refractivity contribution in [1.29, 1.82) is 0 Å². The van der Waals surface area contributed by atoms with Gasteiger partial charge in [-0.15, -0.1) is 0 Å². The first-order valence-corrected chi connectivity index (χ1v) is 8.14. The van der Waals surface area contributed by atoms with Gasteiger partial charge in [0.05, 0.1) is 4.90 Å². The van der Waals surface area contributed by atoms with Crippen LogP contribution in [0.2, 0.25) is 0 Å². The van der Waals surface area contributed by atoms with Crippen LogP contribution in [0.1, 0.15) is 18.9 Å². The Balaban J connectivity index is 2.09. The summed E-state index contributed by atoms with van der Waals surface area (Å²) in [5, 5.41) is 0. The van der Waals surface area contributed by atoms with Crippen LogP contribution >= 0.6 is 0 Å². The number of benzene rings is 1. The lowest BCUT2D eigenvalue weighted by atomic mass is 10.2. The van der Waals surface area contributed by atoms with Gasteiger partial charge in [0.1, 0.15) is 0 Å². The summed E-state index contributed by atoms with van der Waals surface area (Å²) in [6.45, 7) is 3.35. The fraction of sp³-hybridized carbons (Fsp3) is 0.571. The van der Waals surface area contributed by atoms with Crippen molar-refractivity contribution < 1.29 is 8.42 Å². The zero-order chi connectivity index (χ0) is 14.0. The van der Waals surface area contributed by atoms with Crippen LogP contribution in [0.4, 0.5) is 0 Å². The highest BCUT2D eigenvalue weighted by atomic mass is 32.2. The van der Waals surface area contributed by atoms with E-state index in [1.54, 1.807) is 19.2 Å². The van der Waals surface area contributed by atoms with Gasteiger partial charge in [0.25, 0.3) is 0 Å². The molecular weight excluding hydrogens is 260 g/mol. The van der Waals surface area contributed by atoms with Gasteiger partial charge in [0, 0.05) is 13.6 Å². The molecule has 5 heteroatoms. The molecular formula is C14H22N2O2S. The fourth-order valence-electron chi connectivity index (χ4n) is 2.26. The van der Waals surface area contributed by atoms with E-state index in [4.69, 9.17) is 5.73 Å². The van der Waals surface area contributed by atoms with Crippen LogP contribution in [0, 0.1) is 11.8 Å². The van der Waals surface area contributed by atoms with E-state index in [0.29, 0.717) is 29.8 Å². The Labute approximate surface area is 115 Å². The molecule has 0 saturated heterocycles. The number of sulfonamides is 1. The van der Waals surface area contributed by atoms with Gasteiger partial charge in [-0.2, -0.15) is 0 Å². The van der Waals surface area contributed by atoms with Crippen molar-refractivity contribution in [2.45, 2.75) is 24.7 Å². The largest absolute Gasteiger partial charge is 0.330 e. The first-order chi connectivity index (χ1) is 8.95. The van der Waals surface area contributed by atoms with Crippen LogP contribution in [0.5, 0.6) is 0 Å². The molecule has 2 rings (SSSR count). The maximum absolute atomic E-state index is 12.4. The molecule has 0 radical (unpaired) electrons. The summed E-state index contributed by atoms with van der Waals surface area (Å²) in [4.78, 5) is 0.365. The molecule has 1 fully saturated rings. The molecule has 0 aromatic heterocycles. The van der Waals surface area contributed by atoms with Crippen molar-refractivity contribution >= 4 is 10.0 Å². The Morgan fingerprint density at radius 3 is 2.37 bits per heavy atom. The summed E-state index contributed by atoms with van der Waals surface area (Å²) in [5.41, 5.74) is 6.55. The van der Waals surface area contributed by atoms with E-state index in [2.05, 4.69) is 6.92 Å². The van der Waals surface area contributed by atoms with Gasteiger partial charge < -0.3 is 5.73 Å². The lowest BCUT2D eigenvalue weighted by molar-refractivity contribution is 0.444. The van der Waals surface area contributed by atoms with Gasteiger partial charge in [0.15, 0.2) is 0 Å². The third kappa shape index (κ3) is 3.35. The molecule has 106 valence electrons. The summed E-state index contributed by atoms with van der Waals surface area (Å²) in [5.74, 6) is 1.18. The van der Waals surface area contributed by atoms with Crippen LogP contribution in [0.25, 0.3) is 0 Å². The van der Waals surface area contributed by atoms with Crippen molar-refractivity contribution in [2.24, 2.45) is 17.6 Å². The Kier molecular flexibility index (Phi) is 4.28. The third-order valence-electron chi connectivity index (χ3n) is 3.83. The summed E-state index contributed by atoms with van der Waals surface area (Å²) >= 11 is 0. The van der Waals surface area contributed by atoms with Crippen molar-refractivity contribution in [2.75, 3.05) is 20.1 Å². The monoisotopic (exact) mass is 282 g/mol. The number of hydrogen-bond donors (Lipinski definition) is 1. The van der Waals surface area contributed by atoms with Crippen LogP contribution in [-0.2, 0) is 16.4 Å². The highest BCUT2D eigenvalue weighted by Gasteiger charge is 2.36. The molecule has 1 saturated carbocycles. The number of nitrogens with zero attached hydrogens (tertiary/aromatic N) is 1. The van der Waals surface area contributed by atoms with Crippen LogP contribution in [0.3, 0.4) is 0 Å². The Hall–Kier alpha value is -0.910. The minimum Gasteiger partial charge on any atom is -0.330 e. The number of rotatable bonds is 6. The molecule has 4 nitrogen and oxygen atoms in total. The Morgan fingerprint density at radius 1 is 1.32 bits per heavy atom. The quantitative estimate of drug-likeness (QED) is 0.859. The zero-order valence-corrected chi connectivity index (χ0v) is 12.4. The highest BCUT2D eigenvalue weighted by molar-refractivity contribution is 7.89. The van der Waals surface area contributed by atoms with Gasteiger partial charge in [-0.3, -0.25) is 0 Å². The first-order valence-electron chi connectivity index (χ1n) is 6.70. The average Bonchev–Trinajstić information content (AvgIpc) is 3.06. The smallest absolute Gasteiger partial charge is 0.242 e. The lowest BCUT2D eigenvalue weighted by Gasteiger charge is -2.17. The normalized spacial score (nSPS) is 22.7. The van der Waals surface area contributed by atoms with E-state index in [1.807, 2.05) is 12.1 Å². The maximum atomic E-state index is 12.4. The van der Waals surface area contributed by atoms with Crippen LogP contribution < -0.4 is 5.73 Å². The predicted molar refractivity (Wildman–Crippen MR) is 76.3 cm³/mol. The minimum absolute atomic E-state index is 0.365. The van der Waals surface area contributed by atoms with E-state index in [9.17, 15) is 8.42 Å². The molecule has 19 heavy (non-hydrogen) atoms. The summed E-state index contributed by atoms with van der Waals surface area (Å²) in [6, 6.07) is 7.03. The molecule has 1 aliphatic rings. The standard InChI is InChI=1S/C14H22N2O2S/c1-11-9-13(11)10-16(2)19(17,18)14-5-3-12(4-6-14)7-8-15/h3-6,11,13H,7-10,15H2,1-2H3. The minimum atomic E-state index is -3.35. The fourth-order valence-corrected chi connectivity index (χ4v) is 3.48. The van der Waals surface area contributed by atoms with Crippen molar-refractivity contribution in [3.63, 3.8) is 0 Å². The van der Waals surface area contributed by atoms with Crippen molar-refractivity contribution in [3.8, 4) is 0 Å². The second-order valence-corrected chi connectivity index (χ2v) is 7.49. The van der Waals surface area contributed by atoms with E-state index in [-0.39, 0.29) is 0 Å². The Morgan fingerprint density at radius 2 is 1.89 bits per heavy atom. The molecule has 2 N–H and O–H groups in total. The summed E-state index contributed by atoms with van der Waals surface area (Å²) in [7, 11) is -1.69. The molecule has 1 aromatic carbocycles. The summed E-state index contributed by atoms with van der Waals surface area (Å²) in [6.07, 6.45) is 1.91. The highest BCUT2D eigenvalue weighted by Crippen LogP contribution is 2.38. The second-order valence-electron chi connectivity index (χ2n) is 5.44. The van der Waals surface area contributed by atoms with E-state index in [1.165, 1.54) is 4.31 Å². The van der Waals surface area contributed by atoms with Gasteiger partial charge >= 0.3 is 0 Å². The Bertz CT molecular complexity index is 525. The van der Waals surface area contributed by atoms with Gasteiger partial charge in [-0.1, -0.05) is 19.1 Å². The molecule has 2 unspecified atom stereocenters. The topological polar surface area (TPSA) is 63.4 Å². The van der Waals surface area contributed by atoms with Crippen molar-refractivity contribution in [1.82, 2.24) is 4.31 Å². The number of nitrogens with two attached hydrogens (primary N) is 1. The maximum Gasteiger partial charge on any atom is 0.242 e. The molecule has 0 amide bonds. The third-order valence-corrected chi connectivity index (χ3v) is 5.67.